The molecule has 0 amide bonds. The number of rotatable bonds is 11. The first kappa shape index (κ1) is 19.8. The first-order chi connectivity index (χ1) is 8.88. The molecule has 19 heavy (non-hydrogen) atoms. The first-order valence-corrected chi connectivity index (χ1v) is 15.3. The van der Waals surface area contributed by atoms with E-state index >= 15 is 0 Å². The van der Waals surface area contributed by atoms with E-state index in [4.69, 9.17) is 0 Å². The Balaban J connectivity index is 3.87. The Morgan fingerprint density at radius 2 is 1.32 bits per heavy atom. The van der Waals surface area contributed by atoms with E-state index in [9.17, 15) is 0 Å². The molecule has 0 aliphatic carbocycles. The van der Waals surface area contributed by atoms with Gasteiger partial charge in [0.1, 0.15) is 0 Å². The second kappa shape index (κ2) is 11.4. The van der Waals surface area contributed by atoms with Crippen molar-refractivity contribution in [1.82, 2.24) is 9.80 Å². The van der Waals surface area contributed by atoms with Gasteiger partial charge in [0, 0.05) is 0 Å². The van der Waals surface area contributed by atoms with Gasteiger partial charge in [-0.05, 0) is 0 Å². The average molecular weight is 372 g/mol. The molecule has 0 aliphatic heterocycles. The van der Waals surface area contributed by atoms with Crippen molar-refractivity contribution in [3.05, 3.63) is 0 Å². The summed E-state index contributed by atoms with van der Waals surface area (Å²) in [5.74, 6) is 0. The van der Waals surface area contributed by atoms with E-state index in [1.165, 1.54) is 25.9 Å². The van der Waals surface area contributed by atoms with Crippen LogP contribution in [0.4, 0.5) is 0 Å². The summed E-state index contributed by atoms with van der Waals surface area (Å²) in [6, 6.07) is 1.40. The molecule has 3 heteroatoms. The minimum atomic E-state index is -1.15. The van der Waals surface area contributed by atoms with Crippen LogP contribution in [0.3, 0.4) is 0 Å². The van der Waals surface area contributed by atoms with Crippen molar-refractivity contribution in [2.45, 2.75) is 72.1 Å². The van der Waals surface area contributed by atoms with Gasteiger partial charge in [0.05, 0.1) is 0 Å². The molecule has 0 radical (unpaired) electrons. The van der Waals surface area contributed by atoms with E-state index in [2.05, 4.69) is 58.5 Å². The van der Waals surface area contributed by atoms with Crippen molar-refractivity contribution < 1.29 is 0 Å². The van der Waals surface area contributed by atoms with Gasteiger partial charge in [0.25, 0.3) is 0 Å². The molecular weight excluding hydrogens is 335 g/mol. The topological polar surface area (TPSA) is 6.48 Å². The van der Waals surface area contributed by atoms with Crippen LogP contribution in [0.5, 0.6) is 0 Å². The summed E-state index contributed by atoms with van der Waals surface area (Å²) >= 11 is -1.15. The summed E-state index contributed by atoms with van der Waals surface area (Å²) in [5, 5.41) is 0. The molecule has 114 valence electrons. The van der Waals surface area contributed by atoms with Gasteiger partial charge in [-0.15, -0.1) is 0 Å². The van der Waals surface area contributed by atoms with Crippen LogP contribution in [-0.4, -0.2) is 70.5 Å². The van der Waals surface area contributed by atoms with Crippen molar-refractivity contribution in [2.24, 2.45) is 0 Å². The monoisotopic (exact) mass is 372 g/mol. The molecular formula is C16H37InN2. The minimum absolute atomic E-state index is 0.698. The Morgan fingerprint density at radius 1 is 0.842 bits per heavy atom. The summed E-state index contributed by atoms with van der Waals surface area (Å²) in [6.45, 7) is 14.4. The van der Waals surface area contributed by atoms with E-state index in [0.717, 1.165) is 0 Å². The average Bonchev–Trinajstić information content (AvgIpc) is 2.30. The summed E-state index contributed by atoms with van der Waals surface area (Å²) in [5.41, 5.74) is 0. The zero-order valence-corrected chi connectivity index (χ0v) is 17.9. The van der Waals surface area contributed by atoms with Crippen LogP contribution < -0.4 is 0 Å². The van der Waals surface area contributed by atoms with E-state index < -0.39 is 21.4 Å². The molecule has 0 saturated carbocycles. The molecule has 0 aromatic heterocycles. The molecule has 0 unspecified atom stereocenters. The molecule has 0 rings (SSSR count). The molecule has 0 aromatic carbocycles. The van der Waals surface area contributed by atoms with Crippen molar-refractivity contribution in [3.8, 4) is 0 Å². The van der Waals surface area contributed by atoms with Gasteiger partial charge in [-0.25, -0.2) is 0 Å². The molecule has 2 nitrogen and oxygen atoms in total. The molecule has 0 saturated heterocycles. The third kappa shape index (κ3) is 10.2. The molecule has 0 aliphatic rings. The van der Waals surface area contributed by atoms with Gasteiger partial charge in [0.2, 0.25) is 0 Å². The molecule has 0 fully saturated rings. The summed E-state index contributed by atoms with van der Waals surface area (Å²) < 4.78 is 4.78. The van der Waals surface area contributed by atoms with E-state index in [0.29, 0.717) is 12.1 Å². The standard InChI is InChI=1S/C9H20N.C5H12N.C2H5.In/c1-6-7-10(8(2)3)9(4)5;1-4-5-6(2)3;1-2;/h8-9H,1,6-7H2,2-5H3;1,4-5H2,2-3H3;1H2,2H3;. The normalized spacial score (nSPS) is 12.2. The van der Waals surface area contributed by atoms with Crippen molar-refractivity contribution >= 4 is 21.4 Å². The second-order valence-electron chi connectivity index (χ2n) is 6.79. The van der Waals surface area contributed by atoms with Crippen molar-refractivity contribution in [1.29, 1.82) is 0 Å². The van der Waals surface area contributed by atoms with E-state index in [1.807, 2.05) is 0 Å². The molecule has 0 heterocycles. The second-order valence-corrected chi connectivity index (χ2v) is 17.4. The molecule has 0 N–H and O–H groups in total. The molecule has 0 spiro atoms. The van der Waals surface area contributed by atoms with Crippen LogP contribution in [-0.2, 0) is 0 Å². The van der Waals surface area contributed by atoms with Gasteiger partial charge in [0.15, 0.2) is 0 Å². The van der Waals surface area contributed by atoms with Gasteiger partial charge >= 0.3 is 130 Å². The van der Waals surface area contributed by atoms with Crippen LogP contribution in [0, 0.1) is 0 Å². The predicted molar refractivity (Wildman–Crippen MR) is 90.6 cm³/mol. The van der Waals surface area contributed by atoms with Crippen LogP contribution in [0.1, 0.15) is 47.5 Å². The Bertz CT molecular complexity index is 197. The quantitative estimate of drug-likeness (QED) is 0.542. The zero-order valence-electron chi connectivity index (χ0n) is 14.6. The van der Waals surface area contributed by atoms with Gasteiger partial charge in [-0.3, -0.25) is 0 Å². The maximum absolute atomic E-state index is 2.65. The zero-order chi connectivity index (χ0) is 14.8. The molecule has 0 atom stereocenters. The fourth-order valence-electron chi connectivity index (χ4n) is 2.92. The summed E-state index contributed by atoms with van der Waals surface area (Å²) in [6.07, 6.45) is 2.90. The Morgan fingerprint density at radius 3 is 1.68 bits per heavy atom. The third-order valence-corrected chi connectivity index (χ3v) is 14.4. The first-order valence-electron chi connectivity index (χ1n) is 8.28. The predicted octanol–water partition coefficient (Wildman–Crippen LogP) is 3.96. The Kier molecular flexibility index (Phi) is 11.9. The van der Waals surface area contributed by atoms with E-state index in [-0.39, 0.29) is 0 Å². The Hall–Kier alpha value is 0.790. The van der Waals surface area contributed by atoms with E-state index in [1.54, 1.807) is 12.5 Å². The number of nitrogens with zero attached hydrogens (tertiary/aromatic N) is 2. The Labute approximate surface area is 130 Å². The van der Waals surface area contributed by atoms with Gasteiger partial charge < -0.3 is 0 Å². The van der Waals surface area contributed by atoms with Crippen molar-refractivity contribution in [2.75, 3.05) is 27.2 Å². The van der Waals surface area contributed by atoms with Crippen LogP contribution in [0.25, 0.3) is 0 Å². The van der Waals surface area contributed by atoms with Gasteiger partial charge in [-0.2, -0.15) is 0 Å². The van der Waals surface area contributed by atoms with Crippen LogP contribution in [0.15, 0.2) is 0 Å². The number of hydrogen-bond acceptors (Lipinski definition) is 2. The fraction of sp³-hybridized carbons (Fsp3) is 1.00. The summed E-state index contributed by atoms with van der Waals surface area (Å²) in [7, 11) is 4.39. The third-order valence-electron chi connectivity index (χ3n) is 4.15. The SMILES string of the molecule is C[CH2][In]([CH2]CCN(C)C)[CH2]CCN(C(C)C)C(C)C. The summed E-state index contributed by atoms with van der Waals surface area (Å²) in [4.78, 5) is 4.98. The molecule has 0 bridgehead atoms. The van der Waals surface area contributed by atoms with Crippen molar-refractivity contribution in [3.63, 3.8) is 0 Å². The van der Waals surface area contributed by atoms with Gasteiger partial charge in [-0.1, -0.05) is 0 Å². The molecule has 0 aromatic rings. The maximum atomic E-state index is 2.65. The van der Waals surface area contributed by atoms with Crippen LogP contribution in [0.2, 0.25) is 12.5 Å². The number of hydrogen-bond donors (Lipinski definition) is 0. The van der Waals surface area contributed by atoms with Crippen LogP contribution >= 0.6 is 0 Å². The fourth-order valence-corrected chi connectivity index (χ4v) is 10.4.